The largest absolute Gasteiger partial charge is 0.343 e. The molecule has 5 nitrogen and oxygen atoms in total. The predicted octanol–water partition coefficient (Wildman–Crippen LogP) is 3.16. The summed E-state index contributed by atoms with van der Waals surface area (Å²) in [6.07, 6.45) is 4.35. The van der Waals surface area contributed by atoms with Crippen molar-refractivity contribution in [2.75, 3.05) is 30.2 Å². The molecular weight excluding hydrogens is 359 g/mol. The minimum Gasteiger partial charge on any atom is -0.343 e. The Balaban J connectivity index is 2.14. The van der Waals surface area contributed by atoms with Gasteiger partial charge < -0.3 is 4.90 Å². The number of nitrogens with zero attached hydrogens (tertiary/aromatic N) is 2. The highest BCUT2D eigenvalue weighted by molar-refractivity contribution is 7.92. The summed E-state index contributed by atoms with van der Waals surface area (Å²) in [7, 11) is -3.56. The van der Waals surface area contributed by atoms with Crippen molar-refractivity contribution in [3.63, 3.8) is 0 Å². The molecule has 1 aliphatic rings. The summed E-state index contributed by atoms with van der Waals surface area (Å²) in [5, 5.41) is 0.449. The second-order valence-electron chi connectivity index (χ2n) is 5.60. The maximum absolute atomic E-state index is 12.3. The van der Waals surface area contributed by atoms with Crippen molar-refractivity contribution in [2.45, 2.75) is 25.7 Å². The molecule has 0 bridgehead atoms. The third-order valence-corrected chi connectivity index (χ3v) is 5.83. The summed E-state index contributed by atoms with van der Waals surface area (Å²) in [6, 6.07) is 4.81. The van der Waals surface area contributed by atoms with E-state index in [1.165, 1.54) is 0 Å². The molecule has 0 radical (unpaired) electrons. The zero-order chi connectivity index (χ0) is 17.0. The highest BCUT2D eigenvalue weighted by Gasteiger charge is 2.24. The van der Waals surface area contributed by atoms with E-state index in [9.17, 15) is 13.2 Å². The zero-order valence-electron chi connectivity index (χ0n) is 13.0. The first kappa shape index (κ1) is 18.4. The first-order valence-corrected chi connectivity index (χ1v) is 10.1. The summed E-state index contributed by atoms with van der Waals surface area (Å²) in [5.74, 6) is -0.0310. The fraction of sp³-hybridized carbons (Fsp3) is 0.533. The number of halogens is 2. The average molecular weight is 379 g/mol. The summed E-state index contributed by atoms with van der Waals surface area (Å²) >= 11 is 12.1. The summed E-state index contributed by atoms with van der Waals surface area (Å²) in [5.41, 5.74) is 0.299. The highest BCUT2D eigenvalue weighted by Crippen LogP contribution is 2.33. The van der Waals surface area contributed by atoms with Crippen LogP contribution < -0.4 is 4.31 Å². The SMILES string of the molecule is CS(=O)(=O)N(CCC(=O)N1CCCCC1)c1cccc(Cl)c1Cl. The zero-order valence-corrected chi connectivity index (χ0v) is 15.3. The Kier molecular flexibility index (Phi) is 6.17. The molecule has 23 heavy (non-hydrogen) atoms. The van der Waals surface area contributed by atoms with E-state index in [1.54, 1.807) is 23.1 Å². The molecule has 1 aliphatic heterocycles. The van der Waals surface area contributed by atoms with E-state index in [1.807, 2.05) is 0 Å². The second kappa shape index (κ2) is 7.73. The number of anilines is 1. The lowest BCUT2D eigenvalue weighted by Gasteiger charge is -2.28. The van der Waals surface area contributed by atoms with Crippen LogP contribution in [0.1, 0.15) is 25.7 Å². The number of amides is 1. The van der Waals surface area contributed by atoms with Gasteiger partial charge in [0.15, 0.2) is 0 Å². The van der Waals surface area contributed by atoms with Gasteiger partial charge in [-0.25, -0.2) is 8.42 Å². The van der Waals surface area contributed by atoms with Crippen molar-refractivity contribution in [3.05, 3.63) is 28.2 Å². The Morgan fingerprint density at radius 1 is 1.22 bits per heavy atom. The van der Waals surface area contributed by atoms with Gasteiger partial charge in [-0.1, -0.05) is 29.3 Å². The van der Waals surface area contributed by atoms with E-state index in [2.05, 4.69) is 0 Å². The number of benzene rings is 1. The van der Waals surface area contributed by atoms with Crippen LogP contribution in [0.3, 0.4) is 0 Å². The molecule has 0 atom stereocenters. The van der Waals surface area contributed by atoms with Crippen molar-refractivity contribution in [1.82, 2.24) is 4.90 Å². The van der Waals surface area contributed by atoms with Crippen molar-refractivity contribution in [1.29, 1.82) is 0 Å². The molecule has 0 saturated carbocycles. The summed E-state index contributed by atoms with van der Waals surface area (Å²) < 4.78 is 25.3. The lowest BCUT2D eigenvalue weighted by atomic mass is 10.1. The number of hydrogen-bond donors (Lipinski definition) is 0. The van der Waals surface area contributed by atoms with Crippen LogP contribution in [-0.4, -0.2) is 45.1 Å². The van der Waals surface area contributed by atoms with Gasteiger partial charge >= 0.3 is 0 Å². The van der Waals surface area contributed by atoms with Crippen molar-refractivity contribution in [3.8, 4) is 0 Å². The van der Waals surface area contributed by atoms with E-state index >= 15 is 0 Å². The molecule has 0 N–H and O–H groups in total. The Morgan fingerprint density at radius 3 is 2.48 bits per heavy atom. The quantitative estimate of drug-likeness (QED) is 0.790. The molecule has 8 heteroatoms. The lowest BCUT2D eigenvalue weighted by Crippen LogP contribution is -2.39. The lowest BCUT2D eigenvalue weighted by molar-refractivity contribution is -0.131. The van der Waals surface area contributed by atoms with E-state index in [4.69, 9.17) is 23.2 Å². The Morgan fingerprint density at radius 2 is 1.87 bits per heavy atom. The molecular formula is C15H20Cl2N2O3S. The average Bonchev–Trinajstić information content (AvgIpc) is 2.51. The number of piperidine rings is 1. The van der Waals surface area contributed by atoms with Crippen LogP contribution in [0.4, 0.5) is 5.69 Å². The smallest absolute Gasteiger partial charge is 0.232 e. The van der Waals surface area contributed by atoms with E-state index in [0.717, 1.165) is 42.9 Å². The number of carbonyl (C=O) groups excluding carboxylic acids is 1. The van der Waals surface area contributed by atoms with Gasteiger partial charge in [-0.15, -0.1) is 0 Å². The monoisotopic (exact) mass is 378 g/mol. The molecule has 128 valence electrons. The van der Waals surface area contributed by atoms with Gasteiger partial charge in [0.1, 0.15) is 0 Å². The molecule has 1 aromatic rings. The van der Waals surface area contributed by atoms with Gasteiger partial charge in [-0.3, -0.25) is 9.10 Å². The third-order valence-electron chi connectivity index (χ3n) is 3.84. The molecule has 1 fully saturated rings. The molecule has 0 aliphatic carbocycles. The maximum atomic E-state index is 12.3. The number of hydrogen-bond acceptors (Lipinski definition) is 3. The van der Waals surface area contributed by atoms with E-state index < -0.39 is 10.0 Å². The van der Waals surface area contributed by atoms with E-state index in [-0.39, 0.29) is 28.9 Å². The van der Waals surface area contributed by atoms with Gasteiger partial charge in [-0.05, 0) is 31.4 Å². The Hall–Kier alpha value is -0.980. The van der Waals surface area contributed by atoms with Crippen molar-refractivity contribution < 1.29 is 13.2 Å². The Bertz CT molecular complexity index is 673. The predicted molar refractivity (Wildman–Crippen MR) is 93.7 cm³/mol. The van der Waals surface area contributed by atoms with Crippen LogP contribution in [0, 0.1) is 0 Å². The van der Waals surface area contributed by atoms with Gasteiger partial charge in [0.25, 0.3) is 0 Å². The third kappa shape index (κ3) is 4.75. The normalized spacial score (nSPS) is 15.5. The van der Waals surface area contributed by atoms with Crippen LogP contribution in [-0.2, 0) is 14.8 Å². The van der Waals surface area contributed by atoms with Gasteiger partial charge in [0.2, 0.25) is 15.9 Å². The fourth-order valence-corrected chi connectivity index (χ4v) is 4.03. The number of likely N-dealkylation sites (tertiary alicyclic amines) is 1. The second-order valence-corrected chi connectivity index (χ2v) is 8.29. The minimum absolute atomic E-state index is 0.0310. The highest BCUT2D eigenvalue weighted by atomic mass is 35.5. The van der Waals surface area contributed by atoms with Gasteiger partial charge in [0.05, 0.1) is 22.0 Å². The molecule has 0 unspecified atom stereocenters. The number of rotatable bonds is 5. The molecule has 1 saturated heterocycles. The minimum atomic E-state index is -3.56. The molecule has 0 spiro atoms. The van der Waals surface area contributed by atoms with Crippen LogP contribution >= 0.6 is 23.2 Å². The topological polar surface area (TPSA) is 57.7 Å². The number of sulfonamides is 1. The Labute approximate surface area is 147 Å². The first-order valence-electron chi connectivity index (χ1n) is 7.50. The molecule has 2 rings (SSSR count). The van der Waals surface area contributed by atoms with Gasteiger partial charge in [0, 0.05) is 26.1 Å². The van der Waals surface area contributed by atoms with Gasteiger partial charge in [-0.2, -0.15) is 0 Å². The van der Waals surface area contributed by atoms with Crippen LogP contribution in [0.5, 0.6) is 0 Å². The van der Waals surface area contributed by atoms with Crippen molar-refractivity contribution >= 4 is 44.8 Å². The van der Waals surface area contributed by atoms with E-state index in [0.29, 0.717) is 5.69 Å². The molecule has 1 heterocycles. The first-order chi connectivity index (χ1) is 10.8. The maximum Gasteiger partial charge on any atom is 0.232 e. The summed E-state index contributed by atoms with van der Waals surface area (Å²) in [4.78, 5) is 14.1. The fourth-order valence-electron chi connectivity index (χ4n) is 2.65. The standard InChI is InChI=1S/C15H20Cl2N2O3S/c1-23(21,22)19(13-7-5-6-12(16)15(13)17)11-8-14(20)18-9-3-2-4-10-18/h5-7H,2-4,8-11H2,1H3. The molecule has 1 aromatic carbocycles. The van der Waals surface area contributed by atoms with Crippen molar-refractivity contribution in [2.24, 2.45) is 0 Å². The van der Waals surface area contributed by atoms with Crippen LogP contribution in [0.15, 0.2) is 18.2 Å². The van der Waals surface area contributed by atoms with Crippen LogP contribution in [0.25, 0.3) is 0 Å². The molecule has 1 amide bonds. The number of carbonyl (C=O) groups is 1. The summed E-state index contributed by atoms with van der Waals surface area (Å²) in [6.45, 7) is 1.54. The molecule has 0 aromatic heterocycles. The van der Waals surface area contributed by atoms with Crippen LogP contribution in [0.2, 0.25) is 10.0 Å².